The molecule has 0 saturated carbocycles. The molecule has 4 heteroatoms. The third-order valence-corrected chi connectivity index (χ3v) is 1.90. The van der Waals surface area contributed by atoms with Gasteiger partial charge in [0.25, 0.3) is 0 Å². The number of methoxy groups -OCH3 is 1. The van der Waals surface area contributed by atoms with Crippen molar-refractivity contribution in [3.05, 3.63) is 0 Å². The number of hydrogen-bond acceptors (Lipinski definition) is 3. The standard InChI is InChI=1S/C7H11NO3.2C2H6/c1-11-7(10)6-3-2-4-8(6)5-9;2*1-2/h5-6H,2-4H2,1H3;2*1-2H3. The van der Waals surface area contributed by atoms with Gasteiger partial charge in [-0.2, -0.15) is 0 Å². The molecule has 0 aromatic carbocycles. The highest BCUT2D eigenvalue weighted by atomic mass is 16.5. The van der Waals surface area contributed by atoms with Crippen molar-refractivity contribution in [2.45, 2.75) is 46.6 Å². The summed E-state index contributed by atoms with van der Waals surface area (Å²) in [6.45, 7) is 8.67. The van der Waals surface area contributed by atoms with E-state index in [4.69, 9.17) is 0 Å². The van der Waals surface area contributed by atoms with Gasteiger partial charge in [0.1, 0.15) is 6.04 Å². The first-order valence-electron chi connectivity index (χ1n) is 5.58. The summed E-state index contributed by atoms with van der Waals surface area (Å²) in [7, 11) is 1.34. The zero-order valence-electron chi connectivity index (χ0n) is 10.4. The van der Waals surface area contributed by atoms with Gasteiger partial charge in [0.05, 0.1) is 7.11 Å². The Morgan fingerprint density at radius 1 is 1.33 bits per heavy atom. The number of carbonyl (C=O) groups excluding carboxylic acids is 2. The van der Waals surface area contributed by atoms with Crippen LogP contribution < -0.4 is 0 Å². The summed E-state index contributed by atoms with van der Waals surface area (Å²) in [5, 5.41) is 0. The molecular weight excluding hydrogens is 194 g/mol. The lowest BCUT2D eigenvalue weighted by Gasteiger charge is -2.16. The molecule has 0 bridgehead atoms. The predicted molar refractivity (Wildman–Crippen MR) is 60.5 cm³/mol. The van der Waals surface area contributed by atoms with Crippen LogP contribution in [0, 0.1) is 0 Å². The number of carbonyl (C=O) groups is 2. The highest BCUT2D eigenvalue weighted by Crippen LogP contribution is 2.15. The van der Waals surface area contributed by atoms with Crippen LogP contribution in [-0.2, 0) is 14.3 Å². The van der Waals surface area contributed by atoms with Crippen molar-refractivity contribution in [3.63, 3.8) is 0 Å². The van der Waals surface area contributed by atoms with Crippen LogP contribution >= 0.6 is 0 Å². The van der Waals surface area contributed by atoms with E-state index in [-0.39, 0.29) is 12.0 Å². The minimum atomic E-state index is -0.336. The van der Waals surface area contributed by atoms with Gasteiger partial charge in [-0.05, 0) is 12.8 Å². The molecule has 0 aromatic heterocycles. The highest BCUT2D eigenvalue weighted by Gasteiger charge is 2.29. The van der Waals surface area contributed by atoms with Crippen LogP contribution in [-0.4, -0.2) is 37.0 Å². The summed E-state index contributed by atoms with van der Waals surface area (Å²) in [5.41, 5.74) is 0. The number of hydrogen-bond donors (Lipinski definition) is 0. The second-order valence-corrected chi connectivity index (χ2v) is 2.52. The van der Waals surface area contributed by atoms with Crippen LogP contribution in [0.4, 0.5) is 0 Å². The van der Waals surface area contributed by atoms with E-state index in [0.717, 1.165) is 12.8 Å². The summed E-state index contributed by atoms with van der Waals surface area (Å²) in [6.07, 6.45) is 2.32. The Balaban J connectivity index is 0. The predicted octanol–water partition coefficient (Wildman–Crippen LogP) is 1.83. The Morgan fingerprint density at radius 2 is 1.87 bits per heavy atom. The molecule has 4 nitrogen and oxygen atoms in total. The van der Waals surface area contributed by atoms with Crippen LogP contribution in [0.15, 0.2) is 0 Å². The monoisotopic (exact) mass is 217 g/mol. The van der Waals surface area contributed by atoms with Gasteiger partial charge in [0.2, 0.25) is 6.41 Å². The van der Waals surface area contributed by atoms with Crippen molar-refractivity contribution in [1.82, 2.24) is 4.90 Å². The van der Waals surface area contributed by atoms with Crippen molar-refractivity contribution in [2.75, 3.05) is 13.7 Å². The van der Waals surface area contributed by atoms with Gasteiger partial charge in [-0.25, -0.2) is 4.79 Å². The number of likely N-dealkylation sites (tertiary alicyclic amines) is 1. The normalized spacial score (nSPS) is 17.9. The summed E-state index contributed by atoms with van der Waals surface area (Å²) in [6, 6.07) is -0.336. The quantitative estimate of drug-likeness (QED) is 0.523. The Hall–Kier alpha value is -1.06. The minimum absolute atomic E-state index is 0.311. The molecule has 1 saturated heterocycles. The van der Waals surface area contributed by atoms with Crippen LogP contribution in [0.3, 0.4) is 0 Å². The molecule has 0 aliphatic carbocycles. The van der Waals surface area contributed by atoms with E-state index in [2.05, 4.69) is 4.74 Å². The van der Waals surface area contributed by atoms with Gasteiger partial charge in [0, 0.05) is 6.54 Å². The molecule has 1 amide bonds. The molecule has 1 atom stereocenters. The van der Waals surface area contributed by atoms with Crippen LogP contribution in [0.1, 0.15) is 40.5 Å². The maximum absolute atomic E-state index is 11.0. The van der Waals surface area contributed by atoms with Gasteiger partial charge in [0.15, 0.2) is 0 Å². The molecule has 0 aromatic rings. The maximum atomic E-state index is 11.0. The van der Waals surface area contributed by atoms with Gasteiger partial charge < -0.3 is 9.64 Å². The molecule has 90 valence electrons. The van der Waals surface area contributed by atoms with E-state index in [1.54, 1.807) is 0 Å². The molecule has 0 radical (unpaired) electrons. The fourth-order valence-corrected chi connectivity index (χ4v) is 1.30. The molecule has 1 aliphatic rings. The second-order valence-electron chi connectivity index (χ2n) is 2.52. The second kappa shape index (κ2) is 11.0. The number of esters is 1. The third-order valence-electron chi connectivity index (χ3n) is 1.90. The Bertz CT molecular complexity index is 171. The fraction of sp³-hybridized carbons (Fsp3) is 0.818. The van der Waals surface area contributed by atoms with Crippen molar-refractivity contribution < 1.29 is 14.3 Å². The Kier molecular flexibility index (Phi) is 12.0. The SMILES string of the molecule is CC.CC.COC(=O)C1CCCN1C=O. The van der Waals surface area contributed by atoms with Crippen LogP contribution in [0.5, 0.6) is 0 Å². The topological polar surface area (TPSA) is 46.6 Å². The lowest BCUT2D eigenvalue weighted by atomic mass is 10.2. The first-order valence-corrected chi connectivity index (χ1v) is 5.58. The number of amides is 1. The van der Waals surface area contributed by atoms with E-state index in [0.29, 0.717) is 13.0 Å². The van der Waals surface area contributed by atoms with E-state index in [1.165, 1.54) is 12.0 Å². The molecule has 0 spiro atoms. The average Bonchev–Trinajstić information content (AvgIpc) is 2.81. The van der Waals surface area contributed by atoms with Crippen molar-refractivity contribution in [3.8, 4) is 0 Å². The van der Waals surface area contributed by atoms with Crippen LogP contribution in [0.25, 0.3) is 0 Å². The van der Waals surface area contributed by atoms with Crippen molar-refractivity contribution >= 4 is 12.4 Å². The van der Waals surface area contributed by atoms with E-state index < -0.39 is 0 Å². The summed E-state index contributed by atoms with van der Waals surface area (Å²) in [5.74, 6) is -0.311. The highest BCUT2D eigenvalue weighted by molar-refractivity contribution is 5.78. The van der Waals surface area contributed by atoms with Gasteiger partial charge in [-0.3, -0.25) is 4.79 Å². The smallest absolute Gasteiger partial charge is 0.328 e. The van der Waals surface area contributed by atoms with Crippen LogP contribution in [0.2, 0.25) is 0 Å². The summed E-state index contributed by atoms with van der Waals surface area (Å²) >= 11 is 0. The molecule has 1 rings (SSSR count). The molecule has 1 unspecified atom stereocenters. The summed E-state index contributed by atoms with van der Waals surface area (Å²) < 4.78 is 4.53. The maximum Gasteiger partial charge on any atom is 0.328 e. The van der Waals surface area contributed by atoms with Gasteiger partial charge in [-0.1, -0.05) is 27.7 Å². The van der Waals surface area contributed by atoms with Crippen molar-refractivity contribution in [1.29, 1.82) is 0 Å². The minimum Gasteiger partial charge on any atom is -0.467 e. The molecule has 15 heavy (non-hydrogen) atoms. The average molecular weight is 217 g/mol. The largest absolute Gasteiger partial charge is 0.467 e. The van der Waals surface area contributed by atoms with Gasteiger partial charge in [-0.15, -0.1) is 0 Å². The number of nitrogens with zero attached hydrogens (tertiary/aromatic N) is 1. The van der Waals surface area contributed by atoms with E-state index in [9.17, 15) is 9.59 Å². The zero-order chi connectivity index (χ0) is 12.3. The first-order chi connectivity index (χ1) is 7.29. The van der Waals surface area contributed by atoms with Gasteiger partial charge >= 0.3 is 5.97 Å². The first kappa shape index (κ1) is 16.4. The third kappa shape index (κ3) is 5.40. The Morgan fingerprint density at radius 3 is 2.27 bits per heavy atom. The van der Waals surface area contributed by atoms with E-state index >= 15 is 0 Å². The van der Waals surface area contributed by atoms with Crippen molar-refractivity contribution in [2.24, 2.45) is 0 Å². The van der Waals surface area contributed by atoms with E-state index in [1.807, 2.05) is 27.7 Å². The zero-order valence-corrected chi connectivity index (χ0v) is 10.4. The lowest BCUT2D eigenvalue weighted by molar-refractivity contribution is -0.148. The molecule has 1 fully saturated rings. The molecular formula is C11H23NO3. The molecule has 1 heterocycles. The number of rotatable bonds is 2. The Labute approximate surface area is 92.6 Å². The number of ether oxygens (including phenoxy) is 1. The fourth-order valence-electron chi connectivity index (χ4n) is 1.30. The molecule has 1 aliphatic heterocycles. The summed E-state index contributed by atoms with van der Waals surface area (Å²) in [4.78, 5) is 22.8. The molecule has 0 N–H and O–H groups in total. The lowest BCUT2D eigenvalue weighted by Crippen LogP contribution is -2.35.